The van der Waals surface area contributed by atoms with Crippen LogP contribution in [0.1, 0.15) is 17.2 Å². The zero-order valence-corrected chi connectivity index (χ0v) is 17.0. The van der Waals surface area contributed by atoms with Gasteiger partial charge in [0.2, 0.25) is 0 Å². The van der Waals surface area contributed by atoms with E-state index in [9.17, 15) is 29.2 Å². The summed E-state index contributed by atoms with van der Waals surface area (Å²) < 4.78 is 13.5. The van der Waals surface area contributed by atoms with Crippen molar-refractivity contribution in [2.24, 2.45) is 0 Å². The van der Waals surface area contributed by atoms with Crippen molar-refractivity contribution in [2.45, 2.75) is 6.04 Å². The van der Waals surface area contributed by atoms with E-state index in [0.717, 1.165) is 17.0 Å². The second kappa shape index (κ2) is 8.24. The van der Waals surface area contributed by atoms with Crippen LogP contribution in [0.4, 0.5) is 15.8 Å². The molecule has 4 rings (SSSR count). The van der Waals surface area contributed by atoms with Gasteiger partial charge in [-0.1, -0.05) is 23.7 Å². The van der Waals surface area contributed by atoms with Gasteiger partial charge in [-0.05, 0) is 54.1 Å². The Hall–Kier alpha value is -4.04. The van der Waals surface area contributed by atoms with Gasteiger partial charge >= 0.3 is 0 Å². The third-order valence-corrected chi connectivity index (χ3v) is 5.32. The first kappa shape index (κ1) is 21.2. The van der Waals surface area contributed by atoms with Crippen molar-refractivity contribution < 1.29 is 24.0 Å². The molecule has 1 aliphatic heterocycles. The molecule has 3 aromatic rings. The van der Waals surface area contributed by atoms with Crippen LogP contribution in [0.25, 0.3) is 5.76 Å². The van der Waals surface area contributed by atoms with Crippen molar-refractivity contribution in [3.63, 3.8) is 0 Å². The van der Waals surface area contributed by atoms with Crippen molar-refractivity contribution in [3.8, 4) is 0 Å². The number of carbonyl (C=O) groups excluding carboxylic acids is 2. The molecule has 0 aliphatic carbocycles. The third kappa shape index (κ3) is 3.72. The van der Waals surface area contributed by atoms with E-state index in [1.807, 2.05) is 0 Å². The Kier molecular flexibility index (Phi) is 5.46. The molecule has 32 heavy (non-hydrogen) atoms. The molecule has 1 aliphatic rings. The van der Waals surface area contributed by atoms with Crippen LogP contribution in [-0.2, 0) is 9.59 Å². The number of carbonyl (C=O) groups is 2. The van der Waals surface area contributed by atoms with E-state index in [1.165, 1.54) is 60.7 Å². The van der Waals surface area contributed by atoms with Crippen LogP contribution >= 0.6 is 11.6 Å². The smallest absolute Gasteiger partial charge is 0.300 e. The van der Waals surface area contributed by atoms with Gasteiger partial charge in [-0.25, -0.2) is 4.39 Å². The molecule has 1 heterocycles. The highest BCUT2D eigenvalue weighted by Crippen LogP contribution is 2.42. The van der Waals surface area contributed by atoms with Crippen LogP contribution in [0.5, 0.6) is 0 Å². The number of Topliss-reactive ketones (excluding diaryl/α,β-unsaturated/α-hetero) is 1. The molecule has 3 aromatic carbocycles. The summed E-state index contributed by atoms with van der Waals surface area (Å²) in [5, 5.41) is 22.7. The highest BCUT2D eigenvalue weighted by molar-refractivity contribution is 6.51. The van der Waals surface area contributed by atoms with E-state index in [0.29, 0.717) is 5.02 Å². The third-order valence-electron chi connectivity index (χ3n) is 5.06. The van der Waals surface area contributed by atoms with Gasteiger partial charge < -0.3 is 5.11 Å². The van der Waals surface area contributed by atoms with Crippen LogP contribution in [0.2, 0.25) is 5.02 Å². The lowest BCUT2D eigenvalue weighted by Crippen LogP contribution is -2.29. The fraction of sp³-hybridized carbons (Fsp3) is 0.0435. The first-order valence-corrected chi connectivity index (χ1v) is 9.72. The van der Waals surface area contributed by atoms with E-state index in [-0.39, 0.29) is 28.1 Å². The SMILES string of the molecule is O=C1C(=O)N(c2ccc(F)cc2)[C@H](c2cccc([N+](=O)[O-])c2)C1=C(O)c1ccc(Cl)cc1. The van der Waals surface area contributed by atoms with E-state index in [4.69, 9.17) is 11.6 Å². The van der Waals surface area contributed by atoms with Gasteiger partial charge in [-0.2, -0.15) is 0 Å². The van der Waals surface area contributed by atoms with E-state index < -0.39 is 34.2 Å². The Morgan fingerprint density at radius 1 is 1.03 bits per heavy atom. The summed E-state index contributed by atoms with van der Waals surface area (Å²) in [7, 11) is 0. The number of hydrogen-bond acceptors (Lipinski definition) is 5. The molecule has 0 saturated carbocycles. The average Bonchev–Trinajstić information content (AvgIpc) is 3.05. The Morgan fingerprint density at radius 2 is 1.69 bits per heavy atom. The largest absolute Gasteiger partial charge is 0.507 e. The van der Waals surface area contributed by atoms with E-state index in [1.54, 1.807) is 0 Å². The summed E-state index contributed by atoms with van der Waals surface area (Å²) in [4.78, 5) is 37.8. The summed E-state index contributed by atoms with van der Waals surface area (Å²) in [6.45, 7) is 0. The van der Waals surface area contributed by atoms with Gasteiger partial charge in [-0.3, -0.25) is 24.6 Å². The maximum absolute atomic E-state index is 13.5. The molecule has 0 unspecified atom stereocenters. The molecular weight excluding hydrogens is 439 g/mol. The maximum atomic E-state index is 13.5. The van der Waals surface area contributed by atoms with Gasteiger partial charge in [0.05, 0.1) is 16.5 Å². The number of benzene rings is 3. The first-order valence-electron chi connectivity index (χ1n) is 9.35. The number of aliphatic hydroxyl groups excluding tert-OH is 1. The number of non-ortho nitro benzene ring substituents is 1. The zero-order valence-electron chi connectivity index (χ0n) is 16.2. The number of halogens is 2. The second-order valence-electron chi connectivity index (χ2n) is 7.00. The number of ketones is 1. The van der Waals surface area contributed by atoms with E-state index >= 15 is 0 Å². The van der Waals surface area contributed by atoms with Crippen molar-refractivity contribution in [1.29, 1.82) is 0 Å². The lowest BCUT2D eigenvalue weighted by atomic mass is 9.95. The van der Waals surface area contributed by atoms with Crippen LogP contribution in [-0.4, -0.2) is 21.7 Å². The fourth-order valence-corrected chi connectivity index (χ4v) is 3.71. The van der Waals surface area contributed by atoms with Crippen LogP contribution < -0.4 is 4.90 Å². The number of nitro benzene ring substituents is 1. The van der Waals surface area contributed by atoms with Gasteiger partial charge in [0.25, 0.3) is 17.4 Å². The quantitative estimate of drug-likeness (QED) is 0.197. The van der Waals surface area contributed by atoms with Gasteiger partial charge in [-0.15, -0.1) is 0 Å². The lowest BCUT2D eigenvalue weighted by Gasteiger charge is -2.25. The number of aliphatic hydroxyl groups is 1. The number of nitro groups is 1. The molecule has 9 heteroatoms. The summed E-state index contributed by atoms with van der Waals surface area (Å²) >= 11 is 5.89. The molecule has 1 fully saturated rings. The fourth-order valence-electron chi connectivity index (χ4n) is 3.59. The average molecular weight is 453 g/mol. The molecule has 0 spiro atoms. The molecule has 1 atom stereocenters. The molecule has 0 bridgehead atoms. The minimum Gasteiger partial charge on any atom is -0.507 e. The Balaban J connectivity index is 1.96. The Labute approximate surface area is 186 Å². The molecule has 7 nitrogen and oxygen atoms in total. The van der Waals surface area contributed by atoms with Gasteiger partial charge in [0, 0.05) is 28.4 Å². The van der Waals surface area contributed by atoms with Crippen LogP contribution in [0, 0.1) is 15.9 Å². The van der Waals surface area contributed by atoms with Crippen molar-refractivity contribution in [3.05, 3.63) is 110 Å². The Morgan fingerprint density at radius 3 is 2.31 bits per heavy atom. The number of amides is 1. The Bertz CT molecular complexity index is 1270. The molecule has 160 valence electrons. The molecule has 1 N–H and O–H groups in total. The lowest BCUT2D eigenvalue weighted by molar-refractivity contribution is -0.384. The van der Waals surface area contributed by atoms with Crippen molar-refractivity contribution >= 4 is 40.4 Å². The number of rotatable bonds is 4. The maximum Gasteiger partial charge on any atom is 0.300 e. The van der Waals surface area contributed by atoms with Crippen LogP contribution in [0.15, 0.2) is 78.4 Å². The van der Waals surface area contributed by atoms with Crippen LogP contribution in [0.3, 0.4) is 0 Å². The summed E-state index contributed by atoms with van der Waals surface area (Å²) in [5.41, 5.74) is 0.168. The van der Waals surface area contributed by atoms with Gasteiger partial charge in [0.1, 0.15) is 11.6 Å². The summed E-state index contributed by atoms with van der Waals surface area (Å²) in [6.07, 6.45) is 0. The first-order chi connectivity index (χ1) is 15.3. The topological polar surface area (TPSA) is 101 Å². The molecule has 1 saturated heterocycles. The minimum absolute atomic E-state index is 0.195. The number of hydrogen-bond donors (Lipinski definition) is 1. The molecule has 0 aromatic heterocycles. The molecule has 1 amide bonds. The minimum atomic E-state index is -1.17. The zero-order chi connectivity index (χ0) is 23.0. The number of anilines is 1. The molecule has 0 radical (unpaired) electrons. The highest BCUT2D eigenvalue weighted by atomic mass is 35.5. The normalized spacial score (nSPS) is 17.6. The predicted octanol–water partition coefficient (Wildman–Crippen LogP) is 5.01. The highest BCUT2D eigenvalue weighted by Gasteiger charge is 2.47. The van der Waals surface area contributed by atoms with Crippen molar-refractivity contribution in [2.75, 3.05) is 4.90 Å². The van der Waals surface area contributed by atoms with Gasteiger partial charge in [0.15, 0.2) is 0 Å². The summed E-state index contributed by atoms with van der Waals surface area (Å²) in [5.74, 6) is -2.93. The molecular formula is C23H14ClFN2O5. The monoisotopic (exact) mass is 452 g/mol. The van der Waals surface area contributed by atoms with Crippen molar-refractivity contribution in [1.82, 2.24) is 0 Å². The number of nitrogens with zero attached hydrogens (tertiary/aromatic N) is 2. The summed E-state index contributed by atoms with van der Waals surface area (Å²) in [6, 6.07) is 15.1. The predicted molar refractivity (Wildman–Crippen MR) is 116 cm³/mol. The van der Waals surface area contributed by atoms with E-state index in [2.05, 4.69) is 0 Å². The second-order valence-corrected chi connectivity index (χ2v) is 7.44. The standard InChI is InChI=1S/C23H14ClFN2O5/c24-15-6-4-13(5-7-15)21(28)19-20(14-2-1-3-18(12-14)27(31)32)26(23(30)22(19)29)17-10-8-16(25)9-11-17/h1-12,20,28H/t20-/m1/s1.